The number of hydrogen-bond donors (Lipinski definition) is 0. The molecular weight excluding hydrogens is 343 g/mol. The van der Waals surface area contributed by atoms with E-state index in [1.54, 1.807) is 23.4 Å². The third-order valence-electron chi connectivity index (χ3n) is 3.80. The molecule has 0 N–H and O–H groups in total. The molecule has 1 aliphatic rings. The van der Waals surface area contributed by atoms with Gasteiger partial charge >= 0.3 is 0 Å². The molecule has 0 aliphatic carbocycles. The average Bonchev–Trinajstić information content (AvgIpc) is 2.96. The van der Waals surface area contributed by atoms with Gasteiger partial charge in [0.25, 0.3) is 5.91 Å². The summed E-state index contributed by atoms with van der Waals surface area (Å²) in [6.45, 7) is 3.22. The van der Waals surface area contributed by atoms with Crippen LogP contribution in [0.25, 0.3) is 0 Å². The van der Waals surface area contributed by atoms with Gasteiger partial charge in [0.1, 0.15) is 6.33 Å². The zero-order valence-corrected chi connectivity index (χ0v) is 14.4. The van der Waals surface area contributed by atoms with Crippen molar-refractivity contribution in [3.8, 4) is 0 Å². The molecule has 1 aromatic carbocycles. The quantitative estimate of drug-likeness (QED) is 0.772. The van der Waals surface area contributed by atoms with E-state index in [4.69, 9.17) is 23.2 Å². The molecule has 1 amide bonds. The predicted molar refractivity (Wildman–Crippen MR) is 87.7 cm³/mol. The van der Waals surface area contributed by atoms with E-state index in [0.29, 0.717) is 28.7 Å². The van der Waals surface area contributed by atoms with Gasteiger partial charge in [0.15, 0.2) is 5.82 Å². The summed E-state index contributed by atoms with van der Waals surface area (Å²) >= 11 is 13.8. The molecule has 0 saturated heterocycles. The fourth-order valence-electron chi connectivity index (χ4n) is 2.59. The van der Waals surface area contributed by atoms with Crippen molar-refractivity contribution < 1.29 is 4.79 Å². The van der Waals surface area contributed by atoms with E-state index in [1.165, 1.54) is 11.8 Å². The second-order valence-electron chi connectivity index (χ2n) is 5.02. The van der Waals surface area contributed by atoms with Gasteiger partial charge in [-0.2, -0.15) is 0 Å². The number of fused-ring (bicyclic) bond motifs is 1. The zero-order chi connectivity index (χ0) is 15.9. The first-order valence-electron chi connectivity index (χ1n) is 6.74. The van der Waals surface area contributed by atoms with E-state index in [-0.39, 0.29) is 11.9 Å². The van der Waals surface area contributed by atoms with Crippen molar-refractivity contribution >= 4 is 40.9 Å². The molecule has 3 rings (SSSR count). The van der Waals surface area contributed by atoms with Crippen LogP contribution in [0, 0.1) is 0 Å². The zero-order valence-electron chi connectivity index (χ0n) is 12.1. The molecule has 0 spiro atoms. The van der Waals surface area contributed by atoms with Crippen molar-refractivity contribution in [3.63, 3.8) is 0 Å². The molecule has 2 heterocycles. The number of benzene rings is 1. The lowest BCUT2D eigenvalue weighted by atomic mass is 10.1. The Balaban J connectivity index is 1.95. The van der Waals surface area contributed by atoms with Gasteiger partial charge in [0.05, 0.1) is 21.7 Å². The lowest BCUT2D eigenvalue weighted by molar-refractivity contribution is 0.0637. The fraction of sp³-hybridized carbons (Fsp3) is 0.357. The van der Waals surface area contributed by atoms with Gasteiger partial charge in [-0.05, 0) is 25.3 Å². The summed E-state index contributed by atoms with van der Waals surface area (Å²) in [5.41, 5.74) is 0.468. The number of thioether (sulfide) groups is 1. The molecule has 1 aliphatic heterocycles. The lowest BCUT2D eigenvalue weighted by Gasteiger charge is -2.33. The maximum Gasteiger partial charge on any atom is 0.256 e. The molecule has 1 aromatic heterocycles. The van der Waals surface area contributed by atoms with E-state index < -0.39 is 0 Å². The highest BCUT2D eigenvalue weighted by Crippen LogP contribution is 2.33. The van der Waals surface area contributed by atoms with Gasteiger partial charge in [-0.25, -0.2) is 0 Å². The Morgan fingerprint density at radius 3 is 2.82 bits per heavy atom. The third-order valence-corrected chi connectivity index (χ3v) is 5.32. The van der Waals surface area contributed by atoms with Crippen LogP contribution in [0.1, 0.15) is 29.1 Å². The molecule has 0 bridgehead atoms. The highest BCUT2D eigenvalue weighted by Gasteiger charge is 2.31. The Labute approximate surface area is 142 Å². The minimum absolute atomic E-state index is 0.112. The van der Waals surface area contributed by atoms with Crippen LogP contribution < -0.4 is 0 Å². The summed E-state index contributed by atoms with van der Waals surface area (Å²) in [7, 11) is 0. The van der Waals surface area contributed by atoms with Crippen LogP contribution >= 0.6 is 35.0 Å². The van der Waals surface area contributed by atoms with Crippen LogP contribution in [0.5, 0.6) is 0 Å². The summed E-state index contributed by atoms with van der Waals surface area (Å²) in [4.78, 5) is 15.5. The summed E-state index contributed by atoms with van der Waals surface area (Å²) in [5, 5.41) is 8.92. The van der Waals surface area contributed by atoms with Crippen molar-refractivity contribution in [2.45, 2.75) is 24.4 Å². The number of hydrogen-bond acceptors (Lipinski definition) is 4. The summed E-state index contributed by atoms with van der Waals surface area (Å²) in [6.07, 6.45) is 3.60. The topological polar surface area (TPSA) is 51.0 Å². The SMILES string of the molecule is CSc1cc(C(=O)N2CCn3cnnc3C2C)c(Cl)cc1Cl. The number of rotatable bonds is 2. The lowest BCUT2D eigenvalue weighted by Crippen LogP contribution is -2.41. The van der Waals surface area contributed by atoms with Gasteiger partial charge in [0, 0.05) is 18.0 Å². The van der Waals surface area contributed by atoms with E-state index in [1.807, 2.05) is 17.7 Å². The van der Waals surface area contributed by atoms with Crippen LogP contribution in [0.4, 0.5) is 0 Å². The molecule has 1 unspecified atom stereocenters. The Morgan fingerprint density at radius 2 is 2.09 bits per heavy atom. The third kappa shape index (κ3) is 2.59. The number of carbonyl (C=O) groups excluding carboxylic acids is 1. The van der Waals surface area contributed by atoms with Crippen LogP contribution in [0.2, 0.25) is 10.0 Å². The van der Waals surface area contributed by atoms with Crippen molar-refractivity contribution in [1.29, 1.82) is 0 Å². The standard InChI is InChI=1S/C14H14Cl2N4OS/c1-8-13-18-17-7-19(13)3-4-20(8)14(21)9-5-12(22-2)11(16)6-10(9)15/h5-8H,3-4H2,1-2H3. The van der Waals surface area contributed by atoms with Crippen molar-refractivity contribution in [1.82, 2.24) is 19.7 Å². The van der Waals surface area contributed by atoms with Crippen molar-refractivity contribution in [2.24, 2.45) is 0 Å². The molecular formula is C14H14Cl2N4OS. The van der Waals surface area contributed by atoms with Gasteiger partial charge < -0.3 is 9.47 Å². The first-order chi connectivity index (χ1) is 10.5. The largest absolute Gasteiger partial charge is 0.327 e. The van der Waals surface area contributed by atoms with Crippen LogP contribution in [0.3, 0.4) is 0 Å². The maximum atomic E-state index is 12.9. The monoisotopic (exact) mass is 356 g/mol. The first-order valence-corrected chi connectivity index (χ1v) is 8.72. The Hall–Kier alpha value is -1.24. The van der Waals surface area contributed by atoms with Gasteiger partial charge in [-0.1, -0.05) is 23.2 Å². The molecule has 2 aromatic rings. The molecule has 116 valence electrons. The van der Waals surface area contributed by atoms with E-state index >= 15 is 0 Å². The molecule has 8 heteroatoms. The second kappa shape index (κ2) is 6.10. The van der Waals surface area contributed by atoms with E-state index in [0.717, 1.165) is 10.7 Å². The van der Waals surface area contributed by atoms with Gasteiger partial charge in [-0.15, -0.1) is 22.0 Å². The number of amides is 1. The number of nitrogens with zero attached hydrogens (tertiary/aromatic N) is 4. The highest BCUT2D eigenvalue weighted by atomic mass is 35.5. The Kier molecular flexibility index (Phi) is 4.34. The molecule has 1 atom stereocenters. The Bertz CT molecular complexity index is 734. The van der Waals surface area contributed by atoms with Crippen LogP contribution in [-0.4, -0.2) is 38.4 Å². The second-order valence-corrected chi connectivity index (χ2v) is 6.69. The minimum atomic E-state index is -0.145. The summed E-state index contributed by atoms with van der Waals surface area (Å²) < 4.78 is 1.96. The van der Waals surface area contributed by atoms with E-state index in [2.05, 4.69) is 10.2 Å². The van der Waals surface area contributed by atoms with Crippen molar-refractivity contribution in [2.75, 3.05) is 12.8 Å². The van der Waals surface area contributed by atoms with Crippen LogP contribution in [-0.2, 0) is 6.54 Å². The number of halogens is 2. The van der Waals surface area contributed by atoms with Crippen LogP contribution in [0.15, 0.2) is 23.4 Å². The first kappa shape index (κ1) is 15.6. The van der Waals surface area contributed by atoms with E-state index in [9.17, 15) is 4.79 Å². The summed E-state index contributed by atoms with van der Waals surface area (Å²) in [6, 6.07) is 3.23. The average molecular weight is 357 g/mol. The smallest absolute Gasteiger partial charge is 0.256 e. The fourth-order valence-corrected chi connectivity index (χ4v) is 3.77. The number of carbonyl (C=O) groups is 1. The normalized spacial score (nSPS) is 17.5. The summed E-state index contributed by atoms with van der Waals surface area (Å²) in [5.74, 6) is 0.675. The van der Waals surface area contributed by atoms with Gasteiger partial charge in [-0.3, -0.25) is 4.79 Å². The molecule has 0 radical (unpaired) electrons. The maximum absolute atomic E-state index is 12.9. The molecule has 22 heavy (non-hydrogen) atoms. The highest BCUT2D eigenvalue weighted by molar-refractivity contribution is 7.98. The minimum Gasteiger partial charge on any atom is -0.327 e. The predicted octanol–water partition coefficient (Wildman–Crippen LogP) is 3.52. The van der Waals surface area contributed by atoms with Crippen molar-refractivity contribution in [3.05, 3.63) is 39.9 Å². The number of aromatic nitrogens is 3. The Morgan fingerprint density at radius 1 is 1.32 bits per heavy atom. The molecule has 5 nitrogen and oxygen atoms in total. The molecule has 0 saturated carbocycles. The molecule has 0 fully saturated rings. The van der Waals surface area contributed by atoms with Gasteiger partial charge in [0.2, 0.25) is 0 Å².